The van der Waals surface area contributed by atoms with Gasteiger partial charge in [0.2, 0.25) is 5.95 Å². The lowest BCUT2D eigenvalue weighted by molar-refractivity contribution is 0.238. The van der Waals surface area contributed by atoms with Crippen molar-refractivity contribution >= 4 is 16.9 Å². The highest BCUT2D eigenvalue weighted by atomic mass is 16.1. The molecule has 1 aromatic carbocycles. The standard InChI is InChI=1S/C22H25N5O/c28-21-18-10-13-26(14-17-9-8-16-6-2-3-7-19(16)23-17)15-20(18)24-22(25-21)27-11-4-1-5-12-27/h2-3,6-9H,1,4-5,10-15H2,(H,24,25,28). The Labute approximate surface area is 164 Å². The van der Waals surface area contributed by atoms with Gasteiger partial charge in [0.25, 0.3) is 5.56 Å². The average Bonchev–Trinajstić information content (AvgIpc) is 2.74. The predicted octanol–water partition coefficient (Wildman–Crippen LogP) is 2.87. The Hall–Kier alpha value is -2.73. The molecular formula is C22H25N5O. The Morgan fingerprint density at radius 3 is 2.71 bits per heavy atom. The van der Waals surface area contributed by atoms with Gasteiger partial charge >= 0.3 is 0 Å². The molecule has 1 fully saturated rings. The van der Waals surface area contributed by atoms with Crippen molar-refractivity contribution in [2.45, 2.75) is 38.8 Å². The zero-order chi connectivity index (χ0) is 18.9. The number of aromatic nitrogens is 3. The van der Waals surface area contributed by atoms with Crippen molar-refractivity contribution in [3.05, 3.63) is 63.7 Å². The number of H-pyrrole nitrogens is 1. The van der Waals surface area contributed by atoms with E-state index in [1.54, 1.807) is 0 Å². The minimum atomic E-state index is 0.0362. The zero-order valence-electron chi connectivity index (χ0n) is 16.0. The molecule has 4 heterocycles. The van der Waals surface area contributed by atoms with Gasteiger partial charge in [0.05, 0.1) is 16.9 Å². The zero-order valence-corrected chi connectivity index (χ0v) is 16.0. The topological polar surface area (TPSA) is 65.1 Å². The van der Waals surface area contributed by atoms with Crippen LogP contribution in [0.3, 0.4) is 0 Å². The van der Waals surface area contributed by atoms with Crippen molar-refractivity contribution in [3.8, 4) is 0 Å². The molecule has 0 unspecified atom stereocenters. The molecule has 0 radical (unpaired) electrons. The molecule has 0 saturated carbocycles. The number of piperidine rings is 1. The summed E-state index contributed by atoms with van der Waals surface area (Å²) in [5.74, 6) is 0.745. The summed E-state index contributed by atoms with van der Waals surface area (Å²) in [5, 5.41) is 1.16. The van der Waals surface area contributed by atoms with Crippen molar-refractivity contribution in [2.75, 3.05) is 24.5 Å². The number of nitrogens with one attached hydrogen (secondary N) is 1. The summed E-state index contributed by atoms with van der Waals surface area (Å²) in [7, 11) is 0. The molecule has 1 N–H and O–H groups in total. The maximum absolute atomic E-state index is 12.6. The van der Waals surface area contributed by atoms with Crippen LogP contribution in [0.15, 0.2) is 41.2 Å². The number of rotatable bonds is 3. The smallest absolute Gasteiger partial charge is 0.255 e. The van der Waals surface area contributed by atoms with Crippen LogP contribution in [0.2, 0.25) is 0 Å². The molecule has 28 heavy (non-hydrogen) atoms. The van der Waals surface area contributed by atoms with Gasteiger partial charge in [-0.15, -0.1) is 0 Å². The highest BCUT2D eigenvalue weighted by Crippen LogP contribution is 2.21. The highest BCUT2D eigenvalue weighted by Gasteiger charge is 2.23. The molecule has 1 saturated heterocycles. The van der Waals surface area contributed by atoms with Gasteiger partial charge in [0, 0.05) is 43.7 Å². The molecule has 2 aliphatic rings. The summed E-state index contributed by atoms with van der Waals surface area (Å²) < 4.78 is 0. The maximum Gasteiger partial charge on any atom is 0.255 e. The molecule has 0 aliphatic carbocycles. The highest BCUT2D eigenvalue weighted by molar-refractivity contribution is 5.78. The van der Waals surface area contributed by atoms with E-state index in [-0.39, 0.29) is 5.56 Å². The number of aromatic amines is 1. The first kappa shape index (κ1) is 17.4. The molecule has 0 spiro atoms. The van der Waals surface area contributed by atoms with Crippen LogP contribution in [0, 0.1) is 0 Å². The van der Waals surface area contributed by atoms with Gasteiger partial charge in [-0.1, -0.05) is 24.3 Å². The fraction of sp³-hybridized carbons (Fsp3) is 0.409. The lowest BCUT2D eigenvalue weighted by Gasteiger charge is -2.30. The lowest BCUT2D eigenvalue weighted by Crippen LogP contribution is -2.38. The van der Waals surface area contributed by atoms with Crippen LogP contribution in [0.4, 0.5) is 5.95 Å². The van der Waals surface area contributed by atoms with Crippen LogP contribution in [-0.4, -0.2) is 39.5 Å². The van der Waals surface area contributed by atoms with E-state index in [0.717, 1.165) is 66.4 Å². The van der Waals surface area contributed by atoms with Crippen molar-refractivity contribution in [3.63, 3.8) is 0 Å². The Balaban J connectivity index is 1.37. The molecule has 5 rings (SSSR count). The molecule has 0 amide bonds. The van der Waals surface area contributed by atoms with Crippen LogP contribution >= 0.6 is 0 Å². The van der Waals surface area contributed by atoms with Crippen LogP contribution in [0.25, 0.3) is 10.9 Å². The van der Waals surface area contributed by atoms with Gasteiger partial charge in [-0.2, -0.15) is 0 Å². The molecular weight excluding hydrogens is 350 g/mol. The minimum Gasteiger partial charge on any atom is -0.342 e. The van der Waals surface area contributed by atoms with E-state index in [9.17, 15) is 4.79 Å². The summed E-state index contributed by atoms with van der Waals surface area (Å²) in [5.41, 5.74) is 3.90. The first-order chi connectivity index (χ1) is 13.8. The van der Waals surface area contributed by atoms with E-state index in [2.05, 4.69) is 39.0 Å². The second-order valence-corrected chi connectivity index (χ2v) is 7.82. The van der Waals surface area contributed by atoms with E-state index in [1.165, 1.54) is 19.3 Å². The van der Waals surface area contributed by atoms with Crippen LogP contribution in [-0.2, 0) is 19.5 Å². The third kappa shape index (κ3) is 3.40. The largest absolute Gasteiger partial charge is 0.342 e. The second-order valence-electron chi connectivity index (χ2n) is 7.82. The summed E-state index contributed by atoms with van der Waals surface area (Å²) in [4.78, 5) is 29.8. The maximum atomic E-state index is 12.6. The van der Waals surface area contributed by atoms with Gasteiger partial charge in [-0.05, 0) is 37.8 Å². The number of hydrogen-bond donors (Lipinski definition) is 1. The fourth-order valence-electron chi connectivity index (χ4n) is 4.30. The molecule has 2 aromatic heterocycles. The molecule has 3 aromatic rings. The number of fused-ring (bicyclic) bond motifs is 2. The molecule has 6 heteroatoms. The van der Waals surface area contributed by atoms with Crippen LogP contribution in [0.5, 0.6) is 0 Å². The molecule has 0 atom stereocenters. The Morgan fingerprint density at radius 2 is 1.82 bits per heavy atom. The van der Waals surface area contributed by atoms with Gasteiger partial charge in [0.1, 0.15) is 0 Å². The van der Waals surface area contributed by atoms with Crippen molar-refractivity contribution in [1.29, 1.82) is 0 Å². The minimum absolute atomic E-state index is 0.0362. The quantitative estimate of drug-likeness (QED) is 0.763. The molecule has 2 aliphatic heterocycles. The third-order valence-corrected chi connectivity index (χ3v) is 5.84. The average molecular weight is 375 g/mol. The SMILES string of the molecule is O=c1[nH]c(N2CCCCC2)nc2c1CCN(Cc1ccc3ccccc3n1)C2. The van der Waals surface area contributed by atoms with Crippen molar-refractivity contribution < 1.29 is 0 Å². The summed E-state index contributed by atoms with van der Waals surface area (Å²) in [6.07, 6.45) is 4.34. The molecule has 6 nitrogen and oxygen atoms in total. The second kappa shape index (κ2) is 7.36. The number of pyridine rings is 1. The number of anilines is 1. The third-order valence-electron chi connectivity index (χ3n) is 5.84. The first-order valence-corrected chi connectivity index (χ1v) is 10.2. The van der Waals surface area contributed by atoms with Crippen LogP contribution in [0.1, 0.15) is 36.2 Å². The first-order valence-electron chi connectivity index (χ1n) is 10.2. The predicted molar refractivity (Wildman–Crippen MR) is 110 cm³/mol. The summed E-state index contributed by atoms with van der Waals surface area (Å²) in [6.45, 7) is 4.29. The molecule has 0 bridgehead atoms. The van der Waals surface area contributed by atoms with Gasteiger partial charge in [-0.3, -0.25) is 19.7 Å². The fourth-order valence-corrected chi connectivity index (χ4v) is 4.30. The van der Waals surface area contributed by atoms with Crippen molar-refractivity contribution in [2.24, 2.45) is 0 Å². The number of benzene rings is 1. The molecule has 144 valence electrons. The summed E-state index contributed by atoms with van der Waals surface area (Å²) in [6, 6.07) is 12.4. The number of nitrogens with zero attached hydrogens (tertiary/aromatic N) is 4. The normalized spacial score (nSPS) is 17.6. The van der Waals surface area contributed by atoms with Gasteiger partial charge in [-0.25, -0.2) is 4.98 Å². The Morgan fingerprint density at radius 1 is 0.964 bits per heavy atom. The van der Waals surface area contributed by atoms with E-state index in [1.807, 2.05) is 12.1 Å². The Kier molecular flexibility index (Phi) is 4.56. The van der Waals surface area contributed by atoms with E-state index < -0.39 is 0 Å². The lowest BCUT2D eigenvalue weighted by atomic mass is 10.1. The van der Waals surface area contributed by atoms with E-state index >= 15 is 0 Å². The van der Waals surface area contributed by atoms with E-state index in [0.29, 0.717) is 6.54 Å². The van der Waals surface area contributed by atoms with Gasteiger partial charge in [0.15, 0.2) is 0 Å². The van der Waals surface area contributed by atoms with Crippen LogP contribution < -0.4 is 10.5 Å². The monoisotopic (exact) mass is 375 g/mol. The summed E-state index contributed by atoms with van der Waals surface area (Å²) >= 11 is 0. The van der Waals surface area contributed by atoms with Gasteiger partial charge < -0.3 is 4.90 Å². The number of hydrogen-bond acceptors (Lipinski definition) is 5. The van der Waals surface area contributed by atoms with Crippen molar-refractivity contribution in [1.82, 2.24) is 19.9 Å². The Bertz CT molecular complexity index is 1050. The number of para-hydroxylation sites is 1. The van der Waals surface area contributed by atoms with E-state index in [4.69, 9.17) is 9.97 Å².